The number of pyridine rings is 1. The van der Waals surface area contributed by atoms with Gasteiger partial charge in [0.1, 0.15) is 5.82 Å². The second kappa shape index (κ2) is 6.70. The molecule has 2 rings (SSSR count). The first-order chi connectivity index (χ1) is 9.67. The van der Waals surface area contributed by atoms with Crippen LogP contribution < -0.4 is 5.32 Å². The van der Waals surface area contributed by atoms with E-state index in [1.54, 1.807) is 23.2 Å². The molecular formula is C15H23N3O2. The number of aliphatic hydroxyl groups excluding tert-OH is 1. The molecule has 20 heavy (non-hydrogen) atoms. The molecule has 0 aliphatic carbocycles. The van der Waals surface area contributed by atoms with Crippen LogP contribution in [0.25, 0.3) is 0 Å². The van der Waals surface area contributed by atoms with Crippen molar-refractivity contribution >= 4 is 11.7 Å². The maximum Gasteiger partial charge on any atom is 0.254 e. The molecule has 2 heterocycles. The predicted molar refractivity (Wildman–Crippen MR) is 78.7 cm³/mol. The zero-order valence-corrected chi connectivity index (χ0v) is 12.2. The fourth-order valence-corrected chi connectivity index (χ4v) is 2.62. The first-order valence-corrected chi connectivity index (χ1v) is 7.29. The van der Waals surface area contributed by atoms with Gasteiger partial charge in [-0.05, 0) is 30.9 Å². The van der Waals surface area contributed by atoms with Gasteiger partial charge in [0.05, 0.1) is 12.6 Å². The molecule has 5 heteroatoms. The van der Waals surface area contributed by atoms with Crippen molar-refractivity contribution in [2.45, 2.75) is 32.7 Å². The Morgan fingerprint density at radius 2 is 2.40 bits per heavy atom. The minimum absolute atomic E-state index is 0.0182. The van der Waals surface area contributed by atoms with Crippen LogP contribution in [0.15, 0.2) is 18.3 Å². The van der Waals surface area contributed by atoms with Crippen LogP contribution in [0.5, 0.6) is 0 Å². The van der Waals surface area contributed by atoms with E-state index in [4.69, 9.17) is 0 Å². The summed E-state index contributed by atoms with van der Waals surface area (Å²) in [4.78, 5) is 18.5. The largest absolute Gasteiger partial charge is 0.394 e. The van der Waals surface area contributed by atoms with Crippen molar-refractivity contribution in [3.63, 3.8) is 0 Å². The highest BCUT2D eigenvalue weighted by atomic mass is 16.3. The minimum Gasteiger partial charge on any atom is -0.394 e. The molecule has 1 amide bonds. The number of likely N-dealkylation sites (tertiary alicyclic amines) is 1. The number of nitrogens with zero attached hydrogens (tertiary/aromatic N) is 2. The highest BCUT2D eigenvalue weighted by molar-refractivity contribution is 5.95. The van der Waals surface area contributed by atoms with Crippen LogP contribution in [0.3, 0.4) is 0 Å². The zero-order chi connectivity index (χ0) is 14.5. The molecule has 1 aromatic heterocycles. The topological polar surface area (TPSA) is 65.5 Å². The Kier molecular flexibility index (Phi) is 4.95. The van der Waals surface area contributed by atoms with Gasteiger partial charge in [-0.2, -0.15) is 0 Å². The molecule has 2 unspecified atom stereocenters. The Morgan fingerprint density at radius 1 is 1.60 bits per heavy atom. The van der Waals surface area contributed by atoms with Crippen LogP contribution in [0.4, 0.5) is 5.82 Å². The average molecular weight is 277 g/mol. The smallest absolute Gasteiger partial charge is 0.254 e. The first-order valence-electron chi connectivity index (χ1n) is 7.29. The lowest BCUT2D eigenvalue weighted by Crippen LogP contribution is -2.39. The number of anilines is 1. The van der Waals surface area contributed by atoms with Gasteiger partial charge in [-0.1, -0.05) is 13.8 Å². The second-order valence-corrected chi connectivity index (χ2v) is 5.37. The summed E-state index contributed by atoms with van der Waals surface area (Å²) in [5, 5.41) is 12.6. The van der Waals surface area contributed by atoms with Crippen molar-refractivity contribution in [1.82, 2.24) is 9.88 Å². The number of amides is 1. The molecule has 2 atom stereocenters. The molecule has 0 bridgehead atoms. The second-order valence-electron chi connectivity index (χ2n) is 5.37. The highest BCUT2D eigenvalue weighted by Crippen LogP contribution is 2.25. The number of rotatable bonds is 5. The van der Waals surface area contributed by atoms with Crippen LogP contribution in [0.1, 0.15) is 37.0 Å². The summed E-state index contributed by atoms with van der Waals surface area (Å²) in [6.07, 6.45) is 3.61. The molecule has 0 saturated carbocycles. The summed E-state index contributed by atoms with van der Waals surface area (Å²) in [5.41, 5.74) is 0.631. The summed E-state index contributed by atoms with van der Waals surface area (Å²) in [7, 11) is 0. The lowest BCUT2D eigenvalue weighted by atomic mass is 10.0. The third-order valence-electron chi connectivity index (χ3n) is 3.89. The Hall–Kier alpha value is -1.62. The molecule has 1 aliphatic heterocycles. The summed E-state index contributed by atoms with van der Waals surface area (Å²) in [6.45, 7) is 5.74. The van der Waals surface area contributed by atoms with Gasteiger partial charge in [-0.15, -0.1) is 0 Å². The van der Waals surface area contributed by atoms with Crippen LogP contribution in [-0.4, -0.2) is 46.6 Å². The average Bonchev–Trinajstić information content (AvgIpc) is 2.85. The van der Waals surface area contributed by atoms with Crippen LogP contribution >= 0.6 is 0 Å². The maximum atomic E-state index is 12.5. The van der Waals surface area contributed by atoms with Gasteiger partial charge in [0.2, 0.25) is 0 Å². The van der Waals surface area contributed by atoms with Gasteiger partial charge in [0, 0.05) is 24.8 Å². The van der Waals surface area contributed by atoms with Crippen molar-refractivity contribution in [3.05, 3.63) is 23.9 Å². The Morgan fingerprint density at radius 3 is 3.10 bits per heavy atom. The number of hydrogen-bond donors (Lipinski definition) is 2. The summed E-state index contributed by atoms with van der Waals surface area (Å²) in [6, 6.07) is 3.45. The maximum absolute atomic E-state index is 12.5. The Bertz CT molecular complexity index is 464. The van der Waals surface area contributed by atoms with Gasteiger partial charge in [0.15, 0.2) is 0 Å². The van der Waals surface area contributed by atoms with Crippen molar-refractivity contribution in [2.24, 2.45) is 5.92 Å². The molecule has 5 nitrogen and oxygen atoms in total. The molecule has 1 saturated heterocycles. The highest BCUT2D eigenvalue weighted by Gasteiger charge is 2.34. The summed E-state index contributed by atoms with van der Waals surface area (Å²) >= 11 is 0. The van der Waals surface area contributed by atoms with E-state index < -0.39 is 0 Å². The number of aromatic nitrogens is 1. The van der Waals surface area contributed by atoms with E-state index in [-0.39, 0.29) is 18.6 Å². The fraction of sp³-hybridized carbons (Fsp3) is 0.600. The van der Waals surface area contributed by atoms with Gasteiger partial charge < -0.3 is 15.3 Å². The van der Waals surface area contributed by atoms with E-state index in [1.165, 1.54) is 0 Å². The quantitative estimate of drug-likeness (QED) is 0.860. The molecule has 1 fully saturated rings. The summed E-state index contributed by atoms with van der Waals surface area (Å²) < 4.78 is 0. The van der Waals surface area contributed by atoms with Crippen molar-refractivity contribution in [2.75, 3.05) is 25.0 Å². The number of hydrogen-bond acceptors (Lipinski definition) is 4. The van der Waals surface area contributed by atoms with E-state index in [1.807, 2.05) is 0 Å². The van der Waals surface area contributed by atoms with Crippen LogP contribution in [-0.2, 0) is 0 Å². The minimum atomic E-state index is -0.0669. The zero-order valence-electron chi connectivity index (χ0n) is 12.2. The van der Waals surface area contributed by atoms with Crippen molar-refractivity contribution < 1.29 is 9.90 Å². The normalized spacial score (nSPS) is 22.1. The first kappa shape index (κ1) is 14.8. The van der Waals surface area contributed by atoms with Crippen molar-refractivity contribution in [3.8, 4) is 0 Å². The Balaban J connectivity index is 2.12. The standard InChI is InChI=1S/C15H23N3O2/c1-3-6-16-14-9-12(4-7-17-14)15(20)18-8-5-11(2)13(18)10-19/h4,7,9,11,13,19H,3,5-6,8,10H2,1-2H3,(H,16,17). The Labute approximate surface area is 120 Å². The molecule has 1 aromatic rings. The lowest BCUT2D eigenvalue weighted by Gasteiger charge is -2.25. The number of carbonyl (C=O) groups excluding carboxylic acids is 1. The van der Waals surface area contributed by atoms with Gasteiger partial charge >= 0.3 is 0 Å². The lowest BCUT2D eigenvalue weighted by molar-refractivity contribution is 0.0648. The molecule has 0 aromatic carbocycles. The monoisotopic (exact) mass is 277 g/mol. The molecule has 2 N–H and O–H groups in total. The van der Waals surface area contributed by atoms with Gasteiger partial charge in [-0.25, -0.2) is 4.98 Å². The molecule has 0 spiro atoms. The fourth-order valence-electron chi connectivity index (χ4n) is 2.62. The molecule has 110 valence electrons. The number of nitrogens with one attached hydrogen (secondary N) is 1. The van der Waals surface area contributed by atoms with E-state index in [9.17, 15) is 9.90 Å². The summed E-state index contributed by atoms with van der Waals surface area (Å²) in [5.74, 6) is 1.06. The third-order valence-corrected chi connectivity index (χ3v) is 3.89. The predicted octanol–water partition coefficient (Wildman–Crippen LogP) is 1.75. The number of aliphatic hydroxyl groups is 1. The van der Waals surface area contributed by atoms with E-state index >= 15 is 0 Å². The molecule has 0 radical (unpaired) electrons. The van der Waals surface area contributed by atoms with E-state index in [0.717, 1.165) is 25.2 Å². The molecule has 1 aliphatic rings. The third kappa shape index (κ3) is 3.10. The van der Waals surface area contributed by atoms with Crippen LogP contribution in [0.2, 0.25) is 0 Å². The molecular weight excluding hydrogens is 254 g/mol. The van der Waals surface area contributed by atoms with Crippen molar-refractivity contribution in [1.29, 1.82) is 0 Å². The van der Waals surface area contributed by atoms with E-state index in [0.29, 0.717) is 18.0 Å². The van der Waals surface area contributed by atoms with E-state index in [2.05, 4.69) is 24.1 Å². The number of carbonyl (C=O) groups is 1. The van der Waals surface area contributed by atoms with Gasteiger partial charge in [0.25, 0.3) is 5.91 Å². The van der Waals surface area contributed by atoms with Gasteiger partial charge in [-0.3, -0.25) is 4.79 Å². The van der Waals surface area contributed by atoms with Crippen LogP contribution in [0, 0.1) is 5.92 Å². The SMILES string of the molecule is CCCNc1cc(C(=O)N2CCC(C)C2CO)ccn1.